The van der Waals surface area contributed by atoms with Crippen LogP contribution in [0.2, 0.25) is 0 Å². The maximum absolute atomic E-state index is 14.4. The van der Waals surface area contributed by atoms with E-state index in [-0.39, 0.29) is 5.69 Å². The minimum atomic E-state index is -0.643. The van der Waals surface area contributed by atoms with E-state index in [2.05, 4.69) is 9.97 Å². The summed E-state index contributed by atoms with van der Waals surface area (Å²) in [5, 5.41) is 0. The van der Waals surface area contributed by atoms with Crippen LogP contribution in [0.15, 0.2) is 30.7 Å². The molecule has 0 aliphatic rings. The number of fused-ring (bicyclic) bond motifs is 1. The molecule has 0 atom stereocenters. The van der Waals surface area contributed by atoms with Crippen molar-refractivity contribution in [2.45, 2.75) is 26.9 Å². The fourth-order valence-corrected chi connectivity index (χ4v) is 2.50. The fraction of sp³-hybridized carbons (Fsp3) is 0.312. The Kier molecular flexibility index (Phi) is 3.85. The third kappa shape index (κ3) is 2.69. The summed E-state index contributed by atoms with van der Waals surface area (Å²) in [6, 6.07) is 3.51. The topological polar surface area (TPSA) is 55.4 Å². The van der Waals surface area contributed by atoms with Gasteiger partial charge in [-0.25, -0.2) is 9.97 Å². The van der Waals surface area contributed by atoms with Crippen LogP contribution in [-0.4, -0.2) is 36.8 Å². The van der Waals surface area contributed by atoms with E-state index in [4.69, 9.17) is 0 Å². The molecule has 3 aromatic rings. The number of amides is 1. The van der Waals surface area contributed by atoms with Gasteiger partial charge in [-0.2, -0.15) is 4.39 Å². The quantitative estimate of drug-likeness (QED) is 0.742. The summed E-state index contributed by atoms with van der Waals surface area (Å²) in [4.78, 5) is 22.3. The van der Waals surface area contributed by atoms with E-state index in [0.717, 1.165) is 17.9 Å². The number of hydrogen-bond donors (Lipinski definition) is 0. The van der Waals surface area contributed by atoms with Crippen LogP contribution in [0.5, 0.6) is 0 Å². The Hall–Kier alpha value is -2.70. The van der Waals surface area contributed by atoms with Crippen LogP contribution in [0.25, 0.3) is 5.65 Å². The van der Waals surface area contributed by atoms with Gasteiger partial charge in [0.05, 0.1) is 6.54 Å². The van der Waals surface area contributed by atoms with Crippen LogP contribution in [0, 0.1) is 12.9 Å². The molecule has 23 heavy (non-hydrogen) atoms. The first kappa shape index (κ1) is 15.2. The average molecular weight is 315 g/mol. The molecule has 0 aliphatic heterocycles. The molecule has 120 valence electrons. The van der Waals surface area contributed by atoms with Crippen LogP contribution in [0.3, 0.4) is 0 Å². The predicted molar refractivity (Wildman–Crippen MR) is 83.6 cm³/mol. The summed E-state index contributed by atoms with van der Waals surface area (Å²) in [7, 11) is 1.62. The van der Waals surface area contributed by atoms with E-state index in [1.807, 2.05) is 24.6 Å². The normalized spacial score (nSPS) is 11.1. The molecule has 3 rings (SSSR count). The fourth-order valence-electron chi connectivity index (χ4n) is 2.50. The molecule has 0 aliphatic carbocycles. The average Bonchev–Trinajstić information content (AvgIpc) is 3.10. The zero-order valence-corrected chi connectivity index (χ0v) is 13.3. The van der Waals surface area contributed by atoms with E-state index in [0.29, 0.717) is 12.2 Å². The summed E-state index contributed by atoms with van der Waals surface area (Å²) in [6.45, 7) is 4.95. The molecule has 0 aromatic carbocycles. The van der Waals surface area contributed by atoms with Gasteiger partial charge >= 0.3 is 0 Å². The standard InChI is InChI=1S/C16H18FN5O/c1-4-21-8-6-18-13(21)10-20(3)16(23)14-15(17)22-7-5-11(2)9-12(22)19-14/h5-9H,4,10H2,1-3H3. The molecule has 7 heteroatoms. The lowest BCUT2D eigenvalue weighted by molar-refractivity contribution is 0.0769. The summed E-state index contributed by atoms with van der Waals surface area (Å²) in [6.07, 6.45) is 5.11. The number of rotatable bonds is 4. The molecular formula is C16H18FN5O. The molecule has 0 fully saturated rings. The number of pyridine rings is 1. The van der Waals surface area contributed by atoms with E-state index >= 15 is 0 Å². The van der Waals surface area contributed by atoms with E-state index in [1.165, 1.54) is 9.30 Å². The highest BCUT2D eigenvalue weighted by Gasteiger charge is 2.23. The van der Waals surface area contributed by atoms with Crippen molar-refractivity contribution in [1.29, 1.82) is 0 Å². The number of halogens is 1. The van der Waals surface area contributed by atoms with Crippen LogP contribution < -0.4 is 0 Å². The van der Waals surface area contributed by atoms with Crippen molar-refractivity contribution in [1.82, 2.24) is 23.8 Å². The summed E-state index contributed by atoms with van der Waals surface area (Å²) >= 11 is 0. The first-order chi connectivity index (χ1) is 11.0. The van der Waals surface area contributed by atoms with E-state index in [9.17, 15) is 9.18 Å². The highest BCUT2D eigenvalue weighted by atomic mass is 19.1. The molecule has 0 unspecified atom stereocenters. The van der Waals surface area contributed by atoms with Gasteiger partial charge in [-0.15, -0.1) is 0 Å². The third-order valence-corrected chi connectivity index (χ3v) is 3.79. The zero-order valence-electron chi connectivity index (χ0n) is 13.3. The minimum absolute atomic E-state index is 0.173. The van der Waals surface area contributed by atoms with Crippen molar-refractivity contribution >= 4 is 11.6 Å². The number of carbonyl (C=O) groups excluding carboxylic acids is 1. The molecule has 1 amide bonds. The predicted octanol–water partition coefficient (Wildman–Crippen LogP) is 2.27. The van der Waals surface area contributed by atoms with Gasteiger partial charge in [0.25, 0.3) is 5.91 Å². The Morgan fingerprint density at radius 3 is 2.91 bits per heavy atom. The Morgan fingerprint density at radius 1 is 1.39 bits per heavy atom. The molecule has 3 aromatic heterocycles. The van der Waals surface area contributed by atoms with Gasteiger partial charge in [0.1, 0.15) is 11.5 Å². The van der Waals surface area contributed by atoms with Gasteiger partial charge in [0, 0.05) is 32.2 Å². The van der Waals surface area contributed by atoms with Crippen molar-refractivity contribution in [2.75, 3.05) is 7.05 Å². The minimum Gasteiger partial charge on any atom is -0.334 e. The van der Waals surface area contributed by atoms with Crippen LogP contribution >= 0.6 is 0 Å². The van der Waals surface area contributed by atoms with Crippen molar-refractivity contribution < 1.29 is 9.18 Å². The molecule has 3 heterocycles. The molecule has 0 spiro atoms. The molecule has 0 N–H and O–H groups in total. The number of aryl methyl sites for hydroxylation is 2. The van der Waals surface area contributed by atoms with Gasteiger partial charge in [-0.05, 0) is 31.5 Å². The van der Waals surface area contributed by atoms with Gasteiger partial charge in [-0.1, -0.05) is 0 Å². The van der Waals surface area contributed by atoms with Crippen molar-refractivity contribution in [3.63, 3.8) is 0 Å². The van der Waals surface area contributed by atoms with E-state index in [1.54, 1.807) is 31.6 Å². The number of carbonyl (C=O) groups is 1. The number of nitrogens with zero attached hydrogens (tertiary/aromatic N) is 5. The lowest BCUT2D eigenvalue weighted by atomic mass is 10.3. The SMILES string of the molecule is CCn1ccnc1CN(C)C(=O)c1nc2cc(C)ccn2c1F. The Balaban J connectivity index is 1.89. The van der Waals surface area contributed by atoms with E-state index < -0.39 is 11.9 Å². The monoisotopic (exact) mass is 315 g/mol. The molecule has 0 saturated heterocycles. The number of hydrogen-bond acceptors (Lipinski definition) is 3. The maximum atomic E-state index is 14.4. The lowest BCUT2D eigenvalue weighted by Gasteiger charge is -2.16. The van der Waals surface area contributed by atoms with Gasteiger partial charge in [0.2, 0.25) is 5.95 Å². The van der Waals surface area contributed by atoms with Crippen LogP contribution in [-0.2, 0) is 13.1 Å². The third-order valence-electron chi connectivity index (χ3n) is 3.79. The second-order valence-electron chi connectivity index (χ2n) is 5.47. The maximum Gasteiger partial charge on any atom is 0.277 e. The van der Waals surface area contributed by atoms with Crippen molar-refractivity contribution in [3.05, 3.63) is 53.8 Å². The molecule has 0 radical (unpaired) electrons. The smallest absolute Gasteiger partial charge is 0.277 e. The van der Waals surface area contributed by atoms with Crippen molar-refractivity contribution in [2.24, 2.45) is 0 Å². The largest absolute Gasteiger partial charge is 0.334 e. The first-order valence-corrected chi connectivity index (χ1v) is 7.41. The molecular weight excluding hydrogens is 297 g/mol. The number of imidazole rings is 2. The van der Waals surface area contributed by atoms with Gasteiger partial charge < -0.3 is 9.47 Å². The summed E-state index contributed by atoms with van der Waals surface area (Å²) in [5.74, 6) is -0.353. The van der Waals surface area contributed by atoms with Gasteiger partial charge in [-0.3, -0.25) is 9.20 Å². The number of aromatic nitrogens is 4. The summed E-state index contributed by atoms with van der Waals surface area (Å²) in [5.41, 5.74) is 1.21. The second-order valence-corrected chi connectivity index (χ2v) is 5.47. The highest BCUT2D eigenvalue weighted by Crippen LogP contribution is 2.15. The van der Waals surface area contributed by atoms with Crippen LogP contribution in [0.1, 0.15) is 28.8 Å². The Morgan fingerprint density at radius 2 is 2.17 bits per heavy atom. The van der Waals surface area contributed by atoms with Crippen LogP contribution in [0.4, 0.5) is 4.39 Å². The lowest BCUT2D eigenvalue weighted by Crippen LogP contribution is -2.28. The Labute approximate surface area is 133 Å². The highest BCUT2D eigenvalue weighted by molar-refractivity contribution is 5.93. The molecule has 6 nitrogen and oxygen atoms in total. The van der Waals surface area contributed by atoms with Crippen molar-refractivity contribution in [3.8, 4) is 0 Å². The summed E-state index contributed by atoms with van der Waals surface area (Å²) < 4.78 is 17.6. The zero-order chi connectivity index (χ0) is 16.6. The molecule has 0 bridgehead atoms. The first-order valence-electron chi connectivity index (χ1n) is 7.41. The van der Waals surface area contributed by atoms with Gasteiger partial charge in [0.15, 0.2) is 5.69 Å². The molecule has 0 saturated carbocycles. The Bertz CT molecular complexity index is 867. The second kappa shape index (κ2) is 5.83.